The lowest BCUT2D eigenvalue weighted by Crippen LogP contribution is -2.44. The van der Waals surface area contributed by atoms with Crippen LogP contribution in [-0.4, -0.2) is 41.3 Å². The molecule has 138 valence electrons. The predicted octanol–water partition coefficient (Wildman–Crippen LogP) is 4.00. The molecule has 1 saturated carbocycles. The third kappa shape index (κ3) is 5.23. The Labute approximate surface area is 162 Å². The van der Waals surface area contributed by atoms with E-state index in [0.717, 1.165) is 62.3 Å². The van der Waals surface area contributed by atoms with Crippen molar-refractivity contribution in [2.45, 2.75) is 56.1 Å². The van der Waals surface area contributed by atoms with Crippen molar-refractivity contribution in [1.82, 2.24) is 4.90 Å². The van der Waals surface area contributed by atoms with Crippen LogP contribution in [0.4, 0.5) is 0 Å². The molecule has 1 aliphatic carbocycles. The van der Waals surface area contributed by atoms with Crippen molar-refractivity contribution in [3.8, 4) is 0 Å². The Bertz CT molecular complexity index is 509. The zero-order valence-corrected chi connectivity index (χ0v) is 16.4. The molecule has 1 aromatic carbocycles. The van der Waals surface area contributed by atoms with Crippen molar-refractivity contribution >= 4 is 36.4 Å². The average Bonchev–Trinajstić information content (AvgIpc) is 2.91. The van der Waals surface area contributed by atoms with Gasteiger partial charge in [-0.15, -0.1) is 24.8 Å². The molecule has 3 rings (SSSR count). The van der Waals surface area contributed by atoms with Gasteiger partial charge >= 0.3 is 0 Å². The van der Waals surface area contributed by atoms with Gasteiger partial charge in [0.2, 0.25) is 0 Å². The van der Waals surface area contributed by atoms with E-state index in [9.17, 15) is 5.11 Å². The molecule has 1 aliphatic heterocycles. The van der Waals surface area contributed by atoms with Crippen molar-refractivity contribution in [2.24, 2.45) is 5.73 Å². The fourth-order valence-corrected chi connectivity index (χ4v) is 4.31. The largest absolute Gasteiger partial charge is 0.389 e. The van der Waals surface area contributed by atoms with Gasteiger partial charge in [0.1, 0.15) is 0 Å². The molecule has 2 aliphatic rings. The van der Waals surface area contributed by atoms with Gasteiger partial charge in [-0.3, -0.25) is 0 Å². The molecule has 0 amide bonds. The first-order valence-electron chi connectivity index (χ1n) is 8.53. The summed E-state index contributed by atoms with van der Waals surface area (Å²) in [7, 11) is 0. The first kappa shape index (κ1) is 22.0. The molecule has 0 aromatic heterocycles. The minimum absolute atomic E-state index is 0. The lowest BCUT2D eigenvalue weighted by molar-refractivity contribution is -0.0294. The number of benzene rings is 1. The Balaban J connectivity index is 0.00000144. The van der Waals surface area contributed by atoms with E-state index in [1.54, 1.807) is 0 Å². The second-order valence-corrected chi connectivity index (χ2v) is 7.52. The summed E-state index contributed by atoms with van der Waals surface area (Å²) in [6, 6.07) is 8.31. The number of nitrogens with two attached hydrogens (primary N) is 1. The number of aliphatic hydroxyl groups is 1. The number of rotatable bonds is 4. The van der Waals surface area contributed by atoms with E-state index in [-0.39, 0.29) is 36.8 Å². The summed E-state index contributed by atoms with van der Waals surface area (Å²) in [5.41, 5.74) is 6.61. The molecule has 1 aromatic rings. The van der Waals surface area contributed by atoms with Crippen LogP contribution in [0.5, 0.6) is 0 Å². The summed E-state index contributed by atoms with van der Waals surface area (Å²) < 4.78 is 0. The maximum atomic E-state index is 11.3. The summed E-state index contributed by atoms with van der Waals surface area (Å²) in [5.74, 6) is 0.122. The predicted molar refractivity (Wildman–Crippen MR) is 106 cm³/mol. The molecule has 2 fully saturated rings. The maximum Gasteiger partial charge on any atom is 0.0728 e. The van der Waals surface area contributed by atoms with Crippen molar-refractivity contribution in [3.05, 3.63) is 34.9 Å². The second kappa shape index (κ2) is 9.61. The number of hydrogen-bond donors (Lipinski definition) is 2. The van der Waals surface area contributed by atoms with Crippen molar-refractivity contribution in [1.29, 1.82) is 0 Å². The molecule has 3 nitrogen and oxygen atoms in total. The first-order chi connectivity index (χ1) is 10.6. The van der Waals surface area contributed by atoms with Gasteiger partial charge in [0, 0.05) is 30.1 Å². The van der Waals surface area contributed by atoms with Gasteiger partial charge in [-0.1, -0.05) is 43.0 Å². The molecule has 1 unspecified atom stereocenters. The Kier molecular flexibility index (Phi) is 8.81. The van der Waals surface area contributed by atoms with E-state index in [1.807, 2.05) is 18.2 Å². The highest BCUT2D eigenvalue weighted by molar-refractivity contribution is 6.30. The molecule has 3 N–H and O–H groups in total. The third-order valence-electron chi connectivity index (χ3n) is 5.37. The summed E-state index contributed by atoms with van der Waals surface area (Å²) in [4.78, 5) is 2.41. The van der Waals surface area contributed by atoms with Crippen LogP contribution in [-0.2, 0) is 0 Å². The summed E-state index contributed by atoms with van der Waals surface area (Å²) >= 11 is 6.20. The van der Waals surface area contributed by atoms with Gasteiger partial charge in [0.15, 0.2) is 0 Å². The van der Waals surface area contributed by atoms with Crippen LogP contribution in [0.25, 0.3) is 0 Å². The third-order valence-corrected chi connectivity index (χ3v) is 5.60. The molecule has 1 heterocycles. The van der Waals surface area contributed by atoms with Crippen LogP contribution in [0.2, 0.25) is 5.02 Å². The molecule has 2 atom stereocenters. The number of likely N-dealkylation sites (tertiary alicyclic amines) is 1. The quantitative estimate of drug-likeness (QED) is 0.810. The molecule has 0 spiro atoms. The Hall–Kier alpha value is -0.0300. The molecule has 0 radical (unpaired) electrons. The standard InChI is InChI=1S/C18H27ClN2O.2ClH/c19-15-6-4-5-14(11-15)17(13-21-10-7-16(20)12-21)18(22)8-2-1-3-9-18;;/h4-6,11,16-17,22H,1-3,7-10,12-13,20H2;2*1H/t16-,17?;;/m0../s1. The molecule has 24 heavy (non-hydrogen) atoms. The van der Waals surface area contributed by atoms with E-state index in [4.69, 9.17) is 17.3 Å². The highest BCUT2D eigenvalue weighted by atomic mass is 35.5. The van der Waals surface area contributed by atoms with E-state index < -0.39 is 5.60 Å². The summed E-state index contributed by atoms with van der Waals surface area (Å²) in [5, 5.41) is 12.1. The van der Waals surface area contributed by atoms with Crippen LogP contribution >= 0.6 is 36.4 Å². The highest BCUT2D eigenvalue weighted by Gasteiger charge is 2.40. The normalized spacial score (nSPS) is 24.7. The lowest BCUT2D eigenvalue weighted by Gasteiger charge is -2.41. The minimum atomic E-state index is -0.602. The smallest absolute Gasteiger partial charge is 0.0728 e. The van der Waals surface area contributed by atoms with Crippen LogP contribution in [0, 0.1) is 0 Å². The number of hydrogen-bond acceptors (Lipinski definition) is 3. The molecule has 0 bridgehead atoms. The summed E-state index contributed by atoms with van der Waals surface area (Å²) in [6.07, 6.45) is 6.31. The Morgan fingerprint density at radius 2 is 1.96 bits per heavy atom. The zero-order valence-electron chi connectivity index (χ0n) is 14.0. The van der Waals surface area contributed by atoms with Crippen LogP contribution in [0.3, 0.4) is 0 Å². The Morgan fingerprint density at radius 3 is 2.54 bits per heavy atom. The lowest BCUT2D eigenvalue weighted by atomic mass is 9.72. The van der Waals surface area contributed by atoms with Gasteiger partial charge in [-0.25, -0.2) is 0 Å². The van der Waals surface area contributed by atoms with E-state index in [2.05, 4.69) is 11.0 Å². The fraction of sp³-hybridized carbons (Fsp3) is 0.667. The monoisotopic (exact) mass is 394 g/mol. The highest BCUT2D eigenvalue weighted by Crippen LogP contribution is 2.41. The van der Waals surface area contributed by atoms with Gasteiger partial charge in [-0.2, -0.15) is 0 Å². The Morgan fingerprint density at radius 1 is 1.25 bits per heavy atom. The van der Waals surface area contributed by atoms with Crippen LogP contribution in [0.15, 0.2) is 24.3 Å². The van der Waals surface area contributed by atoms with E-state index in [1.165, 1.54) is 6.42 Å². The molecule has 1 saturated heterocycles. The van der Waals surface area contributed by atoms with Gasteiger partial charge < -0.3 is 15.7 Å². The van der Waals surface area contributed by atoms with Crippen LogP contribution in [0.1, 0.15) is 50.0 Å². The molecular weight excluding hydrogens is 367 g/mol. The van der Waals surface area contributed by atoms with Crippen molar-refractivity contribution in [3.63, 3.8) is 0 Å². The fourth-order valence-electron chi connectivity index (χ4n) is 4.11. The zero-order chi connectivity index (χ0) is 15.6. The topological polar surface area (TPSA) is 49.5 Å². The second-order valence-electron chi connectivity index (χ2n) is 7.08. The molecule has 6 heteroatoms. The summed E-state index contributed by atoms with van der Waals surface area (Å²) in [6.45, 7) is 2.85. The minimum Gasteiger partial charge on any atom is -0.389 e. The van der Waals surface area contributed by atoms with Crippen LogP contribution < -0.4 is 5.73 Å². The van der Waals surface area contributed by atoms with Gasteiger partial charge in [-0.05, 0) is 43.5 Å². The van der Waals surface area contributed by atoms with Crippen molar-refractivity contribution < 1.29 is 5.11 Å². The van der Waals surface area contributed by atoms with E-state index >= 15 is 0 Å². The molecular formula is C18H29Cl3N2O. The number of halogens is 3. The maximum absolute atomic E-state index is 11.3. The first-order valence-corrected chi connectivity index (χ1v) is 8.90. The van der Waals surface area contributed by atoms with Gasteiger partial charge in [0.25, 0.3) is 0 Å². The average molecular weight is 396 g/mol. The SMILES string of the molecule is Cl.Cl.N[C@H]1CCN(CC(c2cccc(Cl)c2)C2(O)CCCCC2)C1. The number of nitrogens with zero attached hydrogens (tertiary/aromatic N) is 1. The van der Waals surface area contributed by atoms with Gasteiger partial charge in [0.05, 0.1) is 5.60 Å². The van der Waals surface area contributed by atoms with E-state index in [0.29, 0.717) is 0 Å². The van der Waals surface area contributed by atoms with Crippen molar-refractivity contribution in [2.75, 3.05) is 19.6 Å².